The van der Waals surface area contributed by atoms with Crippen LogP contribution in [0.5, 0.6) is 0 Å². The van der Waals surface area contributed by atoms with E-state index in [9.17, 15) is 9.59 Å². The molecule has 1 aromatic heterocycles. The molecule has 0 spiro atoms. The molecule has 2 aliphatic heterocycles. The second-order valence-electron chi connectivity index (χ2n) is 7.26. The molecule has 8 heteroatoms. The molecule has 4 rings (SSSR count). The van der Waals surface area contributed by atoms with Crippen LogP contribution in [0.15, 0.2) is 59.1 Å². The van der Waals surface area contributed by atoms with Crippen LogP contribution in [-0.4, -0.2) is 56.2 Å². The first-order valence-corrected chi connectivity index (χ1v) is 11.1. The van der Waals surface area contributed by atoms with Crippen molar-refractivity contribution in [2.45, 2.75) is 13.0 Å². The second kappa shape index (κ2) is 9.32. The quantitative estimate of drug-likeness (QED) is 0.695. The monoisotopic (exact) mass is 426 g/mol. The zero-order chi connectivity index (χ0) is 20.9. The van der Waals surface area contributed by atoms with Gasteiger partial charge < -0.3 is 20.3 Å². The zero-order valence-corrected chi connectivity index (χ0v) is 17.8. The molecule has 2 aliphatic rings. The Morgan fingerprint density at radius 2 is 1.90 bits per heavy atom. The molecule has 2 amide bonds. The predicted molar refractivity (Wildman–Crippen MR) is 117 cm³/mol. The van der Waals surface area contributed by atoms with Gasteiger partial charge in [-0.15, -0.1) is 11.3 Å². The van der Waals surface area contributed by atoms with E-state index in [-0.39, 0.29) is 18.6 Å². The first kappa shape index (κ1) is 20.4. The molecule has 0 radical (unpaired) electrons. The fourth-order valence-corrected chi connectivity index (χ4v) is 4.67. The van der Waals surface area contributed by atoms with Crippen LogP contribution in [0.4, 0.5) is 10.5 Å². The molecular formula is C22H26N4O3S. The number of esters is 1. The summed E-state index contributed by atoms with van der Waals surface area (Å²) in [6.45, 7) is 6.07. The summed E-state index contributed by atoms with van der Waals surface area (Å²) < 4.78 is 5.33. The van der Waals surface area contributed by atoms with Gasteiger partial charge >= 0.3 is 12.0 Å². The van der Waals surface area contributed by atoms with Crippen molar-refractivity contribution in [3.63, 3.8) is 0 Å². The van der Waals surface area contributed by atoms with Crippen LogP contribution in [0.25, 0.3) is 0 Å². The van der Waals surface area contributed by atoms with Gasteiger partial charge in [-0.1, -0.05) is 24.3 Å². The minimum atomic E-state index is -0.488. The maximum absolute atomic E-state index is 12.8. The number of nitrogens with one attached hydrogen (secondary N) is 2. The minimum Gasteiger partial charge on any atom is -0.463 e. The van der Waals surface area contributed by atoms with Crippen molar-refractivity contribution in [2.24, 2.45) is 0 Å². The van der Waals surface area contributed by atoms with E-state index in [1.165, 1.54) is 17.0 Å². The fourth-order valence-electron chi connectivity index (χ4n) is 3.89. The highest BCUT2D eigenvalue weighted by Crippen LogP contribution is 2.31. The Kier molecular flexibility index (Phi) is 6.35. The molecule has 1 saturated heterocycles. The summed E-state index contributed by atoms with van der Waals surface area (Å²) in [6.07, 6.45) is 0. The predicted octanol–water partition coefficient (Wildman–Crippen LogP) is 2.74. The summed E-state index contributed by atoms with van der Waals surface area (Å²) in [5.74, 6) is -0.388. The highest BCUT2D eigenvalue weighted by atomic mass is 32.1. The molecular weight excluding hydrogens is 400 g/mol. The number of benzene rings is 1. The van der Waals surface area contributed by atoms with E-state index >= 15 is 0 Å². The molecule has 3 heterocycles. The zero-order valence-electron chi connectivity index (χ0n) is 17.0. The number of carbonyl (C=O) groups excluding carboxylic acids is 2. The first-order chi connectivity index (χ1) is 14.7. The Balaban J connectivity index is 1.53. The number of rotatable bonds is 6. The SMILES string of the molecule is CCOC(=O)C1=C(CN2CCN(c3ccccc3)CC2)NC(=O)N[C@H]1c1cccs1. The van der Waals surface area contributed by atoms with Gasteiger partial charge in [0.25, 0.3) is 0 Å². The molecule has 0 saturated carbocycles. The smallest absolute Gasteiger partial charge is 0.338 e. The van der Waals surface area contributed by atoms with E-state index in [2.05, 4.69) is 32.6 Å². The lowest BCUT2D eigenvalue weighted by atomic mass is 10.0. The van der Waals surface area contributed by atoms with Crippen LogP contribution >= 0.6 is 11.3 Å². The number of hydrogen-bond acceptors (Lipinski definition) is 6. The summed E-state index contributed by atoms with van der Waals surface area (Å²) in [4.78, 5) is 30.7. The topological polar surface area (TPSA) is 73.9 Å². The van der Waals surface area contributed by atoms with Gasteiger partial charge in [0.15, 0.2) is 0 Å². The van der Waals surface area contributed by atoms with Gasteiger partial charge in [-0.2, -0.15) is 0 Å². The summed E-state index contributed by atoms with van der Waals surface area (Å²) in [7, 11) is 0. The van der Waals surface area contributed by atoms with Crippen molar-refractivity contribution in [3.05, 3.63) is 64.0 Å². The van der Waals surface area contributed by atoms with Crippen molar-refractivity contribution in [2.75, 3.05) is 44.2 Å². The number of anilines is 1. The number of carbonyl (C=O) groups is 2. The van der Waals surface area contributed by atoms with Crippen LogP contribution < -0.4 is 15.5 Å². The maximum atomic E-state index is 12.8. The Morgan fingerprint density at radius 1 is 1.13 bits per heavy atom. The number of amides is 2. The molecule has 158 valence electrons. The Hall–Kier alpha value is -2.84. The highest BCUT2D eigenvalue weighted by molar-refractivity contribution is 7.10. The molecule has 30 heavy (non-hydrogen) atoms. The first-order valence-electron chi connectivity index (χ1n) is 10.2. The third-order valence-electron chi connectivity index (χ3n) is 5.35. The van der Waals surface area contributed by atoms with E-state index in [1.807, 2.05) is 35.7 Å². The lowest BCUT2D eigenvalue weighted by Gasteiger charge is -2.37. The molecule has 1 fully saturated rings. The lowest BCUT2D eigenvalue weighted by Crippen LogP contribution is -2.51. The van der Waals surface area contributed by atoms with E-state index in [1.54, 1.807) is 6.92 Å². The number of nitrogens with zero attached hydrogens (tertiary/aromatic N) is 2. The Morgan fingerprint density at radius 3 is 2.57 bits per heavy atom. The highest BCUT2D eigenvalue weighted by Gasteiger charge is 2.35. The van der Waals surface area contributed by atoms with Crippen LogP contribution in [-0.2, 0) is 9.53 Å². The number of para-hydroxylation sites is 1. The van der Waals surface area contributed by atoms with Crippen molar-refractivity contribution in [1.29, 1.82) is 0 Å². The van der Waals surface area contributed by atoms with Crippen molar-refractivity contribution < 1.29 is 14.3 Å². The van der Waals surface area contributed by atoms with E-state index in [4.69, 9.17) is 4.74 Å². The molecule has 0 bridgehead atoms. The third kappa shape index (κ3) is 4.49. The van der Waals surface area contributed by atoms with E-state index < -0.39 is 6.04 Å². The lowest BCUT2D eigenvalue weighted by molar-refractivity contribution is -0.139. The minimum absolute atomic E-state index is 0.288. The number of urea groups is 1. The Labute approximate surface area is 180 Å². The van der Waals surface area contributed by atoms with Gasteiger partial charge in [-0.05, 0) is 30.5 Å². The van der Waals surface area contributed by atoms with Crippen LogP contribution in [0, 0.1) is 0 Å². The normalized spacial score (nSPS) is 20.0. The fraction of sp³-hybridized carbons (Fsp3) is 0.364. The van der Waals surface area contributed by atoms with Gasteiger partial charge in [0.1, 0.15) is 0 Å². The van der Waals surface area contributed by atoms with Crippen molar-refractivity contribution in [1.82, 2.24) is 15.5 Å². The second-order valence-corrected chi connectivity index (χ2v) is 8.24. The third-order valence-corrected chi connectivity index (χ3v) is 6.29. The van der Waals surface area contributed by atoms with Gasteiger partial charge in [0.05, 0.1) is 18.2 Å². The van der Waals surface area contributed by atoms with Gasteiger partial charge in [0.2, 0.25) is 0 Å². The van der Waals surface area contributed by atoms with Gasteiger partial charge in [0, 0.05) is 49.0 Å². The van der Waals surface area contributed by atoms with Crippen molar-refractivity contribution >= 4 is 29.0 Å². The standard InChI is InChI=1S/C22H26N4O3S/c1-2-29-21(27)19-17(23-22(28)24-20(19)18-9-6-14-30-18)15-25-10-12-26(13-11-25)16-7-4-3-5-8-16/h3-9,14,20H,2,10-13,15H2,1H3,(H2,23,24,28)/t20-/m0/s1. The molecule has 0 aliphatic carbocycles. The number of hydrogen-bond donors (Lipinski definition) is 2. The van der Waals surface area contributed by atoms with Crippen molar-refractivity contribution in [3.8, 4) is 0 Å². The number of ether oxygens (including phenoxy) is 1. The summed E-state index contributed by atoms with van der Waals surface area (Å²) in [5, 5.41) is 7.68. The number of piperazine rings is 1. The van der Waals surface area contributed by atoms with Crippen LogP contribution in [0.3, 0.4) is 0 Å². The maximum Gasteiger partial charge on any atom is 0.338 e. The molecule has 0 unspecified atom stereocenters. The van der Waals surface area contributed by atoms with Gasteiger partial charge in [-0.25, -0.2) is 9.59 Å². The molecule has 1 atom stereocenters. The van der Waals surface area contributed by atoms with E-state index in [0.717, 1.165) is 31.1 Å². The molecule has 7 nitrogen and oxygen atoms in total. The van der Waals surface area contributed by atoms with Crippen LogP contribution in [0.2, 0.25) is 0 Å². The largest absolute Gasteiger partial charge is 0.463 e. The molecule has 2 N–H and O–H groups in total. The number of thiophene rings is 1. The summed E-state index contributed by atoms with van der Waals surface area (Å²) in [6, 6.07) is 13.4. The van der Waals surface area contributed by atoms with Crippen LogP contribution in [0.1, 0.15) is 17.8 Å². The Bertz CT molecular complexity index is 906. The average Bonchev–Trinajstić information content (AvgIpc) is 3.29. The molecule has 2 aromatic rings. The summed E-state index contributed by atoms with van der Waals surface area (Å²) in [5.41, 5.74) is 2.34. The average molecular weight is 427 g/mol. The van der Waals surface area contributed by atoms with E-state index in [0.29, 0.717) is 17.8 Å². The van der Waals surface area contributed by atoms with Gasteiger partial charge in [-0.3, -0.25) is 4.90 Å². The molecule has 1 aromatic carbocycles. The summed E-state index contributed by atoms with van der Waals surface area (Å²) >= 11 is 1.51.